The standard InChI is InChI=1S/C23H29F3N4O3Si/c1-22(2,3)34(4,5)33-12-11-30-20(16-10-9-15(14-31)13-18(16)29-30)28-21(32)17-7-6-8-19(27-17)23(24,25)26/h6-10,13,31H,11-12,14H2,1-5H3,(H,28,32). The molecule has 0 aliphatic carbocycles. The maximum atomic E-state index is 13.0. The molecule has 184 valence electrons. The van der Waals surface area contributed by atoms with Crippen molar-refractivity contribution in [1.82, 2.24) is 14.8 Å². The Morgan fingerprint density at radius 3 is 2.50 bits per heavy atom. The van der Waals surface area contributed by atoms with Crippen molar-refractivity contribution in [1.29, 1.82) is 0 Å². The molecule has 3 rings (SSSR count). The van der Waals surface area contributed by atoms with E-state index in [0.717, 1.165) is 12.1 Å². The number of hydrogen-bond acceptors (Lipinski definition) is 5. The van der Waals surface area contributed by atoms with E-state index in [9.17, 15) is 23.1 Å². The fourth-order valence-electron chi connectivity index (χ4n) is 3.07. The van der Waals surface area contributed by atoms with Crippen LogP contribution in [0.4, 0.5) is 19.0 Å². The van der Waals surface area contributed by atoms with Crippen LogP contribution in [0.25, 0.3) is 10.9 Å². The molecule has 11 heteroatoms. The first-order chi connectivity index (χ1) is 15.7. The monoisotopic (exact) mass is 494 g/mol. The number of rotatable bonds is 7. The highest BCUT2D eigenvalue weighted by Crippen LogP contribution is 2.36. The number of amides is 1. The number of carbonyl (C=O) groups is 1. The lowest BCUT2D eigenvalue weighted by molar-refractivity contribution is -0.141. The van der Waals surface area contributed by atoms with Crippen LogP contribution in [0.2, 0.25) is 18.1 Å². The van der Waals surface area contributed by atoms with E-state index in [4.69, 9.17) is 4.43 Å². The van der Waals surface area contributed by atoms with Crippen molar-refractivity contribution in [2.75, 3.05) is 11.9 Å². The molecule has 7 nitrogen and oxygen atoms in total. The lowest BCUT2D eigenvalue weighted by Crippen LogP contribution is -2.41. The van der Waals surface area contributed by atoms with Crippen molar-refractivity contribution >= 4 is 30.9 Å². The zero-order valence-corrected chi connectivity index (χ0v) is 20.8. The fraction of sp³-hybridized carbons (Fsp3) is 0.435. The summed E-state index contributed by atoms with van der Waals surface area (Å²) in [6.45, 7) is 11.1. The van der Waals surface area contributed by atoms with Crippen LogP contribution in [0.15, 0.2) is 36.4 Å². The van der Waals surface area contributed by atoms with Crippen LogP contribution < -0.4 is 5.32 Å². The van der Waals surface area contributed by atoms with Crippen molar-refractivity contribution in [2.24, 2.45) is 0 Å². The lowest BCUT2D eigenvalue weighted by Gasteiger charge is -2.36. The van der Waals surface area contributed by atoms with Gasteiger partial charge in [0, 0.05) is 5.39 Å². The Morgan fingerprint density at radius 2 is 1.88 bits per heavy atom. The highest BCUT2D eigenvalue weighted by molar-refractivity contribution is 6.74. The highest BCUT2D eigenvalue weighted by atomic mass is 28.4. The van der Waals surface area contributed by atoms with E-state index in [2.05, 4.69) is 49.3 Å². The second kappa shape index (κ2) is 9.47. The van der Waals surface area contributed by atoms with E-state index in [-0.39, 0.29) is 17.3 Å². The van der Waals surface area contributed by atoms with E-state index in [1.54, 1.807) is 22.9 Å². The molecule has 3 aromatic rings. The first-order valence-corrected chi connectivity index (χ1v) is 13.7. The molecule has 0 fully saturated rings. The van der Waals surface area contributed by atoms with Gasteiger partial charge in [0.2, 0.25) is 0 Å². The molecule has 0 radical (unpaired) electrons. The predicted octanol–water partition coefficient (Wildman–Crippen LogP) is 5.22. The van der Waals surface area contributed by atoms with Gasteiger partial charge in [0.15, 0.2) is 8.32 Å². The molecule has 1 aromatic carbocycles. The minimum Gasteiger partial charge on any atom is -0.415 e. The summed E-state index contributed by atoms with van der Waals surface area (Å²) in [5, 5.41) is 17.3. The summed E-state index contributed by atoms with van der Waals surface area (Å²) in [6, 6.07) is 8.26. The van der Waals surface area contributed by atoms with Crippen LogP contribution in [-0.4, -0.2) is 40.7 Å². The molecule has 0 saturated carbocycles. The summed E-state index contributed by atoms with van der Waals surface area (Å²) in [5.41, 5.74) is -0.327. The van der Waals surface area contributed by atoms with E-state index in [1.807, 2.05) is 0 Å². The van der Waals surface area contributed by atoms with E-state index in [1.165, 1.54) is 6.07 Å². The van der Waals surface area contributed by atoms with Crippen LogP contribution in [-0.2, 0) is 23.8 Å². The van der Waals surface area contributed by atoms with Crippen LogP contribution in [0, 0.1) is 0 Å². The summed E-state index contributed by atoms with van der Waals surface area (Å²) < 4.78 is 46.9. The first kappa shape index (κ1) is 25.9. The Hall–Kier alpha value is -2.76. The average Bonchev–Trinajstić information content (AvgIpc) is 3.08. The predicted molar refractivity (Wildman–Crippen MR) is 126 cm³/mol. The second-order valence-electron chi connectivity index (χ2n) is 9.55. The Labute approximate surface area is 197 Å². The second-order valence-corrected chi connectivity index (χ2v) is 14.4. The number of aliphatic hydroxyl groups excluding tert-OH is 1. The van der Waals surface area contributed by atoms with E-state index in [0.29, 0.717) is 35.4 Å². The molecule has 1 amide bonds. The van der Waals surface area contributed by atoms with Crippen molar-refractivity contribution in [3.05, 3.63) is 53.3 Å². The molecular formula is C23H29F3N4O3Si. The van der Waals surface area contributed by atoms with Gasteiger partial charge in [-0.2, -0.15) is 18.3 Å². The number of pyridine rings is 1. The van der Waals surface area contributed by atoms with Crippen LogP contribution >= 0.6 is 0 Å². The number of carbonyl (C=O) groups excluding carboxylic acids is 1. The van der Waals surface area contributed by atoms with Gasteiger partial charge in [-0.1, -0.05) is 32.9 Å². The molecule has 0 spiro atoms. The SMILES string of the molecule is CC(C)(C)[Si](C)(C)OCCn1nc2cc(CO)ccc2c1NC(=O)c1cccc(C(F)(F)F)n1. The molecule has 2 aromatic heterocycles. The minimum absolute atomic E-state index is 0.0179. The third kappa shape index (κ3) is 5.65. The molecule has 0 bridgehead atoms. The van der Waals surface area contributed by atoms with Crippen molar-refractivity contribution in [3.63, 3.8) is 0 Å². The number of nitrogens with one attached hydrogen (secondary N) is 1. The largest absolute Gasteiger partial charge is 0.433 e. The maximum absolute atomic E-state index is 13.0. The van der Waals surface area contributed by atoms with Gasteiger partial charge < -0.3 is 14.8 Å². The Bertz CT molecular complexity index is 1190. The number of aliphatic hydroxyl groups is 1. The van der Waals surface area contributed by atoms with Crippen molar-refractivity contribution in [3.8, 4) is 0 Å². The van der Waals surface area contributed by atoms with Gasteiger partial charge in [-0.3, -0.25) is 4.79 Å². The summed E-state index contributed by atoms with van der Waals surface area (Å²) in [7, 11) is -2.02. The van der Waals surface area contributed by atoms with Crippen LogP contribution in [0.5, 0.6) is 0 Å². The Balaban J connectivity index is 1.91. The molecule has 34 heavy (non-hydrogen) atoms. The third-order valence-corrected chi connectivity index (χ3v) is 10.6. The van der Waals surface area contributed by atoms with Gasteiger partial charge in [0.25, 0.3) is 5.91 Å². The highest BCUT2D eigenvalue weighted by Gasteiger charge is 2.37. The molecule has 0 unspecified atom stereocenters. The van der Waals surface area contributed by atoms with Gasteiger partial charge in [0.1, 0.15) is 17.2 Å². The molecule has 0 atom stereocenters. The Kier molecular flexibility index (Phi) is 7.20. The summed E-state index contributed by atoms with van der Waals surface area (Å²) in [5.74, 6) is -0.465. The smallest absolute Gasteiger partial charge is 0.415 e. The summed E-state index contributed by atoms with van der Waals surface area (Å²) in [6.07, 6.45) is -4.66. The van der Waals surface area contributed by atoms with Gasteiger partial charge >= 0.3 is 6.18 Å². The number of aromatic nitrogens is 3. The third-order valence-electron chi connectivity index (χ3n) is 6.06. The van der Waals surface area contributed by atoms with Gasteiger partial charge in [-0.25, -0.2) is 9.67 Å². The average molecular weight is 495 g/mol. The first-order valence-electron chi connectivity index (χ1n) is 10.8. The quantitative estimate of drug-likeness (QED) is 0.440. The topological polar surface area (TPSA) is 89.3 Å². The lowest BCUT2D eigenvalue weighted by atomic mass is 10.1. The number of anilines is 1. The number of halogens is 3. The molecule has 2 heterocycles. The molecule has 0 saturated heterocycles. The number of benzene rings is 1. The zero-order valence-electron chi connectivity index (χ0n) is 19.8. The molecular weight excluding hydrogens is 465 g/mol. The Morgan fingerprint density at radius 1 is 1.18 bits per heavy atom. The number of nitrogens with zero attached hydrogens (tertiary/aromatic N) is 3. The van der Waals surface area contributed by atoms with Gasteiger partial charge in [0.05, 0.1) is 25.3 Å². The summed E-state index contributed by atoms with van der Waals surface area (Å²) >= 11 is 0. The number of hydrogen-bond donors (Lipinski definition) is 2. The number of alkyl halides is 3. The fourth-order valence-corrected chi connectivity index (χ4v) is 4.10. The summed E-state index contributed by atoms with van der Waals surface area (Å²) in [4.78, 5) is 16.3. The van der Waals surface area contributed by atoms with Crippen molar-refractivity contribution < 1.29 is 27.5 Å². The van der Waals surface area contributed by atoms with Crippen LogP contribution in [0.3, 0.4) is 0 Å². The van der Waals surface area contributed by atoms with Gasteiger partial charge in [-0.15, -0.1) is 0 Å². The van der Waals surface area contributed by atoms with Crippen molar-refractivity contribution in [2.45, 2.75) is 58.2 Å². The minimum atomic E-state index is -4.66. The molecule has 0 aliphatic rings. The van der Waals surface area contributed by atoms with Crippen LogP contribution in [0.1, 0.15) is 42.5 Å². The molecule has 2 N–H and O–H groups in total. The maximum Gasteiger partial charge on any atom is 0.433 e. The normalized spacial score (nSPS) is 12.9. The van der Waals surface area contributed by atoms with E-state index < -0.39 is 26.1 Å². The number of fused-ring (bicyclic) bond motifs is 1. The molecule has 0 aliphatic heterocycles. The van der Waals surface area contributed by atoms with E-state index >= 15 is 0 Å². The van der Waals surface area contributed by atoms with Gasteiger partial charge in [-0.05, 0) is 48.0 Å². The zero-order chi connectivity index (χ0) is 25.3.